The second-order valence-electron chi connectivity index (χ2n) is 6.68. The van der Waals surface area contributed by atoms with Crippen LogP contribution in [0.3, 0.4) is 0 Å². The van der Waals surface area contributed by atoms with Gasteiger partial charge in [-0.1, -0.05) is 55.5 Å². The molecule has 2 N–H and O–H groups in total. The van der Waals surface area contributed by atoms with Gasteiger partial charge in [-0.2, -0.15) is 8.42 Å². The van der Waals surface area contributed by atoms with Crippen molar-refractivity contribution in [2.75, 3.05) is 26.0 Å². The van der Waals surface area contributed by atoms with E-state index < -0.39 is 10.1 Å². The van der Waals surface area contributed by atoms with Crippen LogP contribution in [-0.2, 0) is 10.1 Å². The number of aromatic nitrogens is 2. The second kappa shape index (κ2) is 12.1. The number of ether oxygens (including phenoxy) is 1. The molecule has 2 aromatic carbocycles. The molecule has 0 aliphatic rings. The molecule has 0 saturated carbocycles. The molecule has 162 valence electrons. The van der Waals surface area contributed by atoms with E-state index in [0.29, 0.717) is 18.7 Å². The van der Waals surface area contributed by atoms with E-state index in [0.717, 1.165) is 42.7 Å². The highest BCUT2D eigenvalue weighted by Crippen LogP contribution is 2.30. The largest absolute Gasteiger partial charge is 0.476 e. The van der Waals surface area contributed by atoms with Gasteiger partial charge in [-0.15, -0.1) is 5.10 Å². The lowest BCUT2D eigenvalue weighted by Gasteiger charge is -2.06. The molecule has 1 heterocycles. The van der Waals surface area contributed by atoms with Gasteiger partial charge in [-0.3, -0.25) is 4.55 Å². The Bertz CT molecular complexity index is 966. The zero-order valence-electron chi connectivity index (χ0n) is 17.4. The number of nitrogens with one attached hydrogen (secondary N) is 1. The fraction of sp³-hybridized carbons (Fsp3) is 0.318. The van der Waals surface area contributed by atoms with Crippen LogP contribution in [0.1, 0.15) is 19.8 Å². The molecule has 0 unspecified atom stereocenters. The summed E-state index contributed by atoms with van der Waals surface area (Å²) in [6.45, 7) is 4.85. The first-order valence-electron chi connectivity index (χ1n) is 9.85. The van der Waals surface area contributed by atoms with Gasteiger partial charge in [0.15, 0.2) is 0 Å². The van der Waals surface area contributed by atoms with Crippen molar-refractivity contribution >= 4 is 10.1 Å². The molecule has 0 fully saturated rings. The molecular weight excluding hydrogens is 402 g/mol. The number of hydrogen-bond acceptors (Lipinski definition) is 5. The van der Waals surface area contributed by atoms with E-state index in [1.54, 1.807) is 0 Å². The molecule has 0 aliphatic carbocycles. The van der Waals surface area contributed by atoms with Crippen molar-refractivity contribution in [1.29, 1.82) is 0 Å². The molecule has 8 heteroatoms. The van der Waals surface area contributed by atoms with Gasteiger partial charge in [0.1, 0.15) is 0 Å². The summed E-state index contributed by atoms with van der Waals surface area (Å²) in [7, 11) is -3.67. The van der Waals surface area contributed by atoms with Crippen LogP contribution in [0.2, 0.25) is 0 Å². The van der Waals surface area contributed by atoms with Crippen molar-refractivity contribution in [1.82, 2.24) is 15.1 Å². The number of rotatable bonds is 9. The van der Waals surface area contributed by atoms with Gasteiger partial charge < -0.3 is 10.1 Å². The molecule has 0 aliphatic heterocycles. The maximum absolute atomic E-state index is 9.19. The third-order valence-corrected chi connectivity index (χ3v) is 3.95. The van der Waals surface area contributed by atoms with Gasteiger partial charge in [-0.05, 0) is 43.6 Å². The molecule has 7 nitrogen and oxygen atoms in total. The van der Waals surface area contributed by atoms with Crippen molar-refractivity contribution in [3.8, 4) is 22.7 Å². The van der Waals surface area contributed by atoms with Gasteiger partial charge in [0.2, 0.25) is 5.88 Å². The van der Waals surface area contributed by atoms with Gasteiger partial charge >= 0.3 is 0 Å². The van der Waals surface area contributed by atoms with Gasteiger partial charge in [0.25, 0.3) is 10.1 Å². The number of hydrogen-bond donors (Lipinski definition) is 2. The molecule has 0 amide bonds. The summed E-state index contributed by atoms with van der Waals surface area (Å²) in [4.78, 5) is 0. The molecular formula is C22H29N3O4S. The monoisotopic (exact) mass is 431 g/mol. The molecule has 0 atom stereocenters. The highest BCUT2D eigenvalue weighted by atomic mass is 32.2. The maximum atomic E-state index is 9.19. The number of nitrogens with zero attached hydrogens (tertiary/aromatic N) is 2. The van der Waals surface area contributed by atoms with E-state index in [1.165, 1.54) is 0 Å². The molecule has 1 aromatic heterocycles. The summed E-state index contributed by atoms with van der Waals surface area (Å²) in [6, 6.07) is 20.4. The Morgan fingerprint density at radius 2 is 1.63 bits per heavy atom. The first-order valence-corrected chi connectivity index (χ1v) is 11.7. The maximum Gasteiger partial charge on any atom is 0.261 e. The third-order valence-electron chi connectivity index (χ3n) is 3.95. The molecule has 3 aromatic rings. The zero-order chi connectivity index (χ0) is 21.8. The first kappa shape index (κ1) is 23.6. The number of para-hydroxylation sites is 1. The lowest BCUT2D eigenvalue weighted by Crippen LogP contribution is -2.18. The van der Waals surface area contributed by atoms with Crippen LogP contribution in [0.4, 0.5) is 0 Å². The summed E-state index contributed by atoms with van der Waals surface area (Å²) in [5, 5.41) is 8.06. The van der Waals surface area contributed by atoms with Gasteiger partial charge in [-0.25, -0.2) is 4.68 Å². The predicted molar refractivity (Wildman–Crippen MR) is 120 cm³/mol. The summed E-state index contributed by atoms with van der Waals surface area (Å²) < 4.78 is 33.8. The summed E-state index contributed by atoms with van der Waals surface area (Å²) in [5.41, 5.74) is 3.16. The average molecular weight is 432 g/mol. The van der Waals surface area contributed by atoms with E-state index in [9.17, 15) is 8.42 Å². The highest BCUT2D eigenvalue weighted by Gasteiger charge is 2.13. The molecule has 30 heavy (non-hydrogen) atoms. The SMILES string of the molecule is CCCNCCCOc1nn(-c2ccccc2)cc1-c1ccccc1.CS(=O)(=O)O. The molecule has 3 rings (SSSR count). The van der Waals surface area contributed by atoms with Crippen LogP contribution in [0.5, 0.6) is 5.88 Å². The minimum absolute atomic E-state index is 0.655. The van der Waals surface area contributed by atoms with Crippen molar-refractivity contribution in [3.05, 3.63) is 66.9 Å². The van der Waals surface area contributed by atoms with Crippen LogP contribution in [0, 0.1) is 0 Å². The van der Waals surface area contributed by atoms with Crippen molar-refractivity contribution in [2.45, 2.75) is 19.8 Å². The minimum atomic E-state index is -3.67. The average Bonchev–Trinajstić information content (AvgIpc) is 3.15. The van der Waals surface area contributed by atoms with E-state index in [-0.39, 0.29) is 0 Å². The van der Waals surface area contributed by atoms with Gasteiger partial charge in [0, 0.05) is 6.20 Å². The second-order valence-corrected chi connectivity index (χ2v) is 8.15. The minimum Gasteiger partial charge on any atom is -0.476 e. The van der Waals surface area contributed by atoms with Crippen LogP contribution in [0.25, 0.3) is 16.8 Å². The topological polar surface area (TPSA) is 93.5 Å². The smallest absolute Gasteiger partial charge is 0.261 e. The first-order chi connectivity index (χ1) is 14.4. The van der Waals surface area contributed by atoms with E-state index in [2.05, 4.69) is 29.5 Å². The van der Waals surface area contributed by atoms with Crippen molar-refractivity contribution in [2.24, 2.45) is 0 Å². The Morgan fingerprint density at radius 3 is 2.23 bits per heavy atom. The standard InChI is InChI=1S/C21H25N3O.CH4O3S/c1-2-14-22-15-9-16-25-21-20(18-10-5-3-6-11-18)17-24(23-21)19-12-7-4-8-13-19;1-5(2,3)4/h3-8,10-13,17,22H,2,9,14-16H2,1H3;1H3,(H,2,3,4). The van der Waals surface area contributed by atoms with E-state index in [1.807, 2.05) is 59.4 Å². The van der Waals surface area contributed by atoms with Crippen LogP contribution in [-0.4, -0.2) is 48.7 Å². The van der Waals surface area contributed by atoms with Crippen LogP contribution in [0.15, 0.2) is 66.9 Å². The summed E-state index contributed by atoms with van der Waals surface area (Å²) in [5.74, 6) is 0.686. The fourth-order valence-electron chi connectivity index (χ4n) is 2.66. The third kappa shape index (κ3) is 8.77. The van der Waals surface area contributed by atoms with Crippen LogP contribution < -0.4 is 10.1 Å². The molecule has 0 saturated heterocycles. The van der Waals surface area contributed by atoms with Crippen molar-refractivity contribution < 1.29 is 17.7 Å². The van der Waals surface area contributed by atoms with E-state index >= 15 is 0 Å². The molecule has 0 bridgehead atoms. The lowest BCUT2D eigenvalue weighted by molar-refractivity contribution is 0.296. The Hall–Kier alpha value is -2.68. The Morgan fingerprint density at radius 1 is 1.03 bits per heavy atom. The Kier molecular flexibility index (Phi) is 9.53. The molecule has 0 spiro atoms. The summed E-state index contributed by atoms with van der Waals surface area (Å²) >= 11 is 0. The fourth-order valence-corrected chi connectivity index (χ4v) is 2.66. The quantitative estimate of drug-likeness (QED) is 0.395. The van der Waals surface area contributed by atoms with Crippen molar-refractivity contribution in [3.63, 3.8) is 0 Å². The Labute approximate surface area is 178 Å². The van der Waals surface area contributed by atoms with Crippen LogP contribution >= 0.6 is 0 Å². The highest BCUT2D eigenvalue weighted by molar-refractivity contribution is 7.85. The van der Waals surface area contributed by atoms with E-state index in [4.69, 9.17) is 9.29 Å². The number of benzene rings is 2. The summed E-state index contributed by atoms with van der Waals surface area (Å²) in [6.07, 6.45) is 4.87. The zero-order valence-corrected chi connectivity index (χ0v) is 18.2. The Balaban J connectivity index is 0.000000575. The lowest BCUT2D eigenvalue weighted by atomic mass is 10.1. The normalized spacial score (nSPS) is 10.9. The predicted octanol–water partition coefficient (Wildman–Crippen LogP) is 3.81. The molecule has 0 radical (unpaired) electrons. The van der Waals surface area contributed by atoms with Gasteiger partial charge in [0.05, 0.1) is 24.1 Å².